The maximum Gasteiger partial charge on any atom is 0.338 e. The number of carbonyl (C=O) groups excluding carboxylic acids is 2. The first-order chi connectivity index (χ1) is 16.1. The molecule has 0 unspecified atom stereocenters. The maximum atomic E-state index is 13.2. The average Bonchev–Trinajstić information content (AvgIpc) is 2.88. The van der Waals surface area contributed by atoms with Crippen LogP contribution >= 0.6 is 0 Å². The summed E-state index contributed by atoms with van der Waals surface area (Å²) in [6.45, 7) is 0.508. The van der Waals surface area contributed by atoms with E-state index in [4.69, 9.17) is 18.9 Å². The van der Waals surface area contributed by atoms with Gasteiger partial charge in [0.05, 0.1) is 18.3 Å². The van der Waals surface area contributed by atoms with Crippen LogP contribution in [0, 0.1) is 11.3 Å². The van der Waals surface area contributed by atoms with E-state index in [1.54, 1.807) is 37.3 Å². The van der Waals surface area contributed by atoms with Crippen LogP contribution in [0.2, 0.25) is 0 Å². The Morgan fingerprint density at radius 3 is 2.47 bits per heavy atom. The summed E-state index contributed by atoms with van der Waals surface area (Å²) in [4.78, 5) is 25.9. The summed E-state index contributed by atoms with van der Waals surface area (Å²) in [5, 5.41) is 51.0. The average molecular weight is 480 g/mol. The molecule has 0 aromatic heterocycles. The van der Waals surface area contributed by atoms with Crippen molar-refractivity contribution in [1.82, 2.24) is 0 Å². The van der Waals surface area contributed by atoms with Crippen LogP contribution in [0.4, 0.5) is 0 Å². The van der Waals surface area contributed by atoms with Crippen molar-refractivity contribution in [3.8, 4) is 0 Å². The number of ether oxygens (including phenoxy) is 4. The predicted molar refractivity (Wildman–Crippen MR) is 110 cm³/mol. The molecule has 3 aliphatic carbocycles. The van der Waals surface area contributed by atoms with Crippen molar-refractivity contribution in [3.63, 3.8) is 0 Å². The van der Waals surface area contributed by atoms with Crippen molar-refractivity contribution in [2.24, 2.45) is 11.3 Å². The van der Waals surface area contributed by atoms with E-state index in [1.165, 1.54) is 0 Å². The summed E-state index contributed by atoms with van der Waals surface area (Å²) in [6.07, 6.45) is -8.41. The largest absolute Gasteiger partial charge is 0.461 e. The van der Waals surface area contributed by atoms with Crippen LogP contribution in [0.5, 0.6) is 0 Å². The van der Waals surface area contributed by atoms with Gasteiger partial charge >= 0.3 is 11.9 Å². The highest BCUT2D eigenvalue weighted by Gasteiger charge is 2.88. The first-order valence-corrected chi connectivity index (χ1v) is 11.2. The number of esters is 2. The summed E-state index contributed by atoms with van der Waals surface area (Å²) < 4.78 is 22.9. The number of benzene rings is 1. The second-order valence-electron chi connectivity index (χ2n) is 9.76. The number of aliphatic hydroxyl groups excluding tert-OH is 5. The standard InChI is InChI=1S/C23H28O11/c1-21-8-13(25)12-7-23(21,33-19-17(28)16(27)15(26)14(9-24)32-19)22(12,20(30)34-21)10-31-18(29)11-5-3-2-4-6-11/h2-6,12-17,19,24-28H,7-10H2,1H3/t12-,13+,14+,15+,16-,17+,19-,21-,22-,23+/m0/s1. The van der Waals surface area contributed by atoms with Gasteiger partial charge in [-0.2, -0.15) is 0 Å². The number of hydrogen-bond donors (Lipinski definition) is 5. The molecule has 0 spiro atoms. The minimum atomic E-state index is -1.69. The number of carbonyl (C=O) groups is 2. The zero-order valence-corrected chi connectivity index (χ0v) is 18.4. The first-order valence-electron chi connectivity index (χ1n) is 11.2. The molecule has 11 nitrogen and oxygen atoms in total. The summed E-state index contributed by atoms with van der Waals surface area (Å²) >= 11 is 0. The Bertz CT molecular complexity index is 969. The van der Waals surface area contributed by atoms with Gasteiger partial charge in [0, 0.05) is 12.3 Å². The third-order valence-electron chi connectivity index (χ3n) is 8.07. The molecule has 1 aromatic rings. The highest BCUT2D eigenvalue weighted by molar-refractivity contribution is 5.90. The molecular formula is C23H28O11. The number of rotatable bonds is 6. The van der Waals surface area contributed by atoms with E-state index >= 15 is 0 Å². The van der Waals surface area contributed by atoms with Crippen LogP contribution in [0.15, 0.2) is 30.3 Å². The van der Waals surface area contributed by atoms with Gasteiger partial charge in [0.25, 0.3) is 0 Å². The third-order valence-corrected chi connectivity index (χ3v) is 8.07. The van der Waals surface area contributed by atoms with Crippen molar-refractivity contribution in [2.45, 2.75) is 67.8 Å². The Kier molecular flexibility index (Phi) is 5.52. The second kappa shape index (κ2) is 7.95. The molecule has 5 N–H and O–H groups in total. The highest BCUT2D eigenvalue weighted by atomic mass is 16.7. The van der Waals surface area contributed by atoms with Crippen LogP contribution in [-0.4, -0.2) is 98.7 Å². The van der Waals surface area contributed by atoms with Gasteiger partial charge < -0.3 is 44.5 Å². The summed E-state index contributed by atoms with van der Waals surface area (Å²) in [7, 11) is 0. The van der Waals surface area contributed by atoms with Crippen LogP contribution in [0.1, 0.15) is 30.1 Å². The van der Waals surface area contributed by atoms with E-state index in [-0.39, 0.29) is 18.4 Å². The van der Waals surface area contributed by atoms with E-state index < -0.39 is 84.5 Å². The Hall–Kier alpha value is -2.12. The molecule has 4 bridgehead atoms. The molecule has 2 aliphatic heterocycles. The number of hydrogen-bond acceptors (Lipinski definition) is 11. The van der Waals surface area contributed by atoms with Crippen LogP contribution in [0.3, 0.4) is 0 Å². The fourth-order valence-corrected chi connectivity index (χ4v) is 6.19. The third kappa shape index (κ3) is 2.95. The van der Waals surface area contributed by atoms with Gasteiger partial charge in [0.1, 0.15) is 47.6 Å². The predicted octanol–water partition coefficient (Wildman–Crippen LogP) is -1.51. The smallest absolute Gasteiger partial charge is 0.338 e. The van der Waals surface area contributed by atoms with Gasteiger partial charge in [-0.05, 0) is 25.5 Å². The van der Waals surface area contributed by atoms with Gasteiger partial charge in [-0.25, -0.2) is 4.79 Å². The lowest BCUT2D eigenvalue weighted by atomic mass is 9.40. The van der Waals surface area contributed by atoms with E-state index in [0.29, 0.717) is 0 Å². The van der Waals surface area contributed by atoms with Crippen LogP contribution < -0.4 is 0 Å². The summed E-state index contributed by atoms with van der Waals surface area (Å²) in [6, 6.07) is 8.20. The van der Waals surface area contributed by atoms with Gasteiger partial charge in [-0.1, -0.05) is 18.2 Å². The number of fused-ring (bicyclic) bond motifs is 1. The van der Waals surface area contributed by atoms with Crippen LogP contribution in [-0.2, 0) is 23.7 Å². The van der Waals surface area contributed by atoms with Crippen molar-refractivity contribution in [2.75, 3.05) is 13.2 Å². The topological polar surface area (TPSA) is 172 Å². The first kappa shape index (κ1) is 23.6. The second-order valence-corrected chi connectivity index (χ2v) is 9.76. The molecule has 3 saturated carbocycles. The Morgan fingerprint density at radius 1 is 1.09 bits per heavy atom. The zero-order valence-electron chi connectivity index (χ0n) is 18.4. The summed E-state index contributed by atoms with van der Waals surface area (Å²) in [5.74, 6) is -2.00. The molecule has 1 aromatic carbocycles. The van der Waals surface area contributed by atoms with E-state index in [1.807, 2.05) is 0 Å². The van der Waals surface area contributed by atoms with Gasteiger partial charge in [0.15, 0.2) is 6.29 Å². The molecule has 2 heterocycles. The molecule has 5 fully saturated rings. The molecular weight excluding hydrogens is 452 g/mol. The lowest BCUT2D eigenvalue weighted by Gasteiger charge is -2.66. The molecule has 10 atom stereocenters. The van der Waals surface area contributed by atoms with Crippen molar-refractivity contribution in [1.29, 1.82) is 0 Å². The van der Waals surface area contributed by atoms with Gasteiger partial charge in [0.2, 0.25) is 0 Å². The normalized spacial score (nSPS) is 47.0. The number of aliphatic hydroxyl groups is 5. The van der Waals surface area contributed by atoms with Crippen LogP contribution in [0.25, 0.3) is 0 Å². The summed E-state index contributed by atoms with van der Waals surface area (Å²) in [5.41, 5.74) is -4.08. The Labute approximate surface area is 194 Å². The van der Waals surface area contributed by atoms with E-state index in [2.05, 4.69) is 0 Å². The highest BCUT2D eigenvalue weighted by Crippen LogP contribution is 2.73. The lowest BCUT2D eigenvalue weighted by Crippen LogP contribution is -2.80. The SMILES string of the molecule is C[C@]12C[C@@H](O)[C@@H]3C[C@]1(O[C@@H]1O[C@H](CO)[C@@H](O)[C@H](O)[C@H]1O)[C@]3(COC(=O)c1ccccc1)C(=O)O2. The minimum absolute atomic E-state index is 0.0508. The molecule has 5 aliphatic rings. The molecule has 6 rings (SSSR count). The quantitative estimate of drug-likeness (QED) is 0.300. The van der Waals surface area contributed by atoms with E-state index in [0.717, 1.165) is 0 Å². The molecule has 2 saturated heterocycles. The molecule has 11 heteroatoms. The van der Waals surface area contributed by atoms with Crippen molar-refractivity contribution in [3.05, 3.63) is 35.9 Å². The fraction of sp³-hybridized carbons (Fsp3) is 0.652. The Balaban J connectivity index is 1.46. The minimum Gasteiger partial charge on any atom is -0.461 e. The van der Waals surface area contributed by atoms with Gasteiger partial charge in [-0.3, -0.25) is 4.79 Å². The van der Waals surface area contributed by atoms with Crippen molar-refractivity contribution < 1.29 is 54.1 Å². The molecule has 0 amide bonds. The lowest BCUT2D eigenvalue weighted by molar-refractivity contribution is -0.394. The molecule has 186 valence electrons. The monoisotopic (exact) mass is 480 g/mol. The zero-order chi connectivity index (χ0) is 24.5. The maximum absolute atomic E-state index is 13.2. The van der Waals surface area contributed by atoms with Gasteiger partial charge in [-0.15, -0.1) is 0 Å². The molecule has 0 radical (unpaired) electrons. The fourth-order valence-electron chi connectivity index (χ4n) is 6.19. The molecule has 34 heavy (non-hydrogen) atoms. The van der Waals surface area contributed by atoms with E-state index in [9.17, 15) is 35.1 Å². The Morgan fingerprint density at radius 2 is 1.79 bits per heavy atom. The van der Waals surface area contributed by atoms with Crippen molar-refractivity contribution >= 4 is 11.9 Å².